The highest BCUT2D eigenvalue weighted by atomic mass is 79.9. The van der Waals surface area contributed by atoms with Gasteiger partial charge in [0.2, 0.25) is 11.7 Å². The summed E-state index contributed by atoms with van der Waals surface area (Å²) in [5, 5.41) is 6.78. The molecule has 0 saturated carbocycles. The number of carbonyl (C=O) groups is 2. The minimum absolute atomic E-state index is 0.120. The fourth-order valence-electron chi connectivity index (χ4n) is 3.61. The molecule has 9 heteroatoms. The molecule has 0 aliphatic carbocycles. The van der Waals surface area contributed by atoms with E-state index in [9.17, 15) is 9.59 Å². The fourth-order valence-corrected chi connectivity index (χ4v) is 5.50. The number of amides is 2. The first-order valence-corrected chi connectivity index (χ1v) is 12.2. The molecule has 2 amide bonds. The maximum atomic E-state index is 12.8. The summed E-state index contributed by atoms with van der Waals surface area (Å²) >= 11 is 4.97. The summed E-state index contributed by atoms with van der Waals surface area (Å²) in [5.74, 6) is 1.04. The summed E-state index contributed by atoms with van der Waals surface area (Å²) in [4.78, 5) is 26.0. The average molecular weight is 555 g/mol. The van der Waals surface area contributed by atoms with Crippen LogP contribution in [0.5, 0.6) is 17.2 Å². The van der Waals surface area contributed by atoms with Crippen molar-refractivity contribution in [1.82, 2.24) is 0 Å². The zero-order valence-corrected chi connectivity index (χ0v) is 21.7. The zero-order valence-electron chi connectivity index (χ0n) is 19.3. The highest BCUT2D eigenvalue weighted by Crippen LogP contribution is 2.38. The first-order valence-electron chi connectivity index (χ1n) is 10.6. The van der Waals surface area contributed by atoms with Crippen LogP contribution in [0.15, 0.2) is 65.1 Å². The van der Waals surface area contributed by atoms with Crippen LogP contribution in [0.1, 0.15) is 15.2 Å². The Morgan fingerprint density at radius 1 is 0.857 bits per heavy atom. The van der Waals surface area contributed by atoms with Gasteiger partial charge in [-0.05, 0) is 64.0 Å². The second kappa shape index (κ2) is 10.8. The first-order chi connectivity index (χ1) is 16.9. The molecule has 2 N–H and O–H groups in total. The molecule has 1 heterocycles. The van der Waals surface area contributed by atoms with Crippen molar-refractivity contribution in [2.75, 3.05) is 32.0 Å². The Labute approximate surface area is 215 Å². The molecule has 7 nitrogen and oxygen atoms in total. The van der Waals surface area contributed by atoms with Gasteiger partial charge in [0, 0.05) is 25.9 Å². The van der Waals surface area contributed by atoms with Gasteiger partial charge in [-0.15, -0.1) is 11.3 Å². The number of hydrogen-bond acceptors (Lipinski definition) is 6. The Balaban J connectivity index is 1.40. The number of benzene rings is 3. The van der Waals surface area contributed by atoms with Gasteiger partial charge in [0.15, 0.2) is 11.5 Å². The Kier molecular flexibility index (Phi) is 7.57. The molecule has 4 rings (SSSR count). The van der Waals surface area contributed by atoms with Gasteiger partial charge in [-0.25, -0.2) is 0 Å². The Morgan fingerprint density at radius 2 is 1.46 bits per heavy atom. The standard InChI is InChI=1S/C26H23BrN2O5S/c1-32-19-12-15(13-20(33-2)24(19)34-3)14-22(30)28-16-8-10-17(11-9-16)29-26(31)25-23(27)18-6-4-5-7-21(18)35-25/h4-13H,14H2,1-3H3,(H,28,30)(H,29,31). The van der Waals surface area contributed by atoms with Gasteiger partial charge in [0.25, 0.3) is 5.91 Å². The third kappa shape index (κ3) is 5.41. The quantitative estimate of drug-likeness (QED) is 0.274. The van der Waals surface area contributed by atoms with Crippen molar-refractivity contribution in [3.05, 3.63) is 75.6 Å². The van der Waals surface area contributed by atoms with Gasteiger partial charge in [-0.2, -0.15) is 0 Å². The molecule has 0 saturated heterocycles. The highest BCUT2D eigenvalue weighted by molar-refractivity contribution is 9.10. The Bertz CT molecular complexity index is 1360. The van der Waals surface area contributed by atoms with Gasteiger partial charge >= 0.3 is 0 Å². The van der Waals surface area contributed by atoms with Crippen molar-refractivity contribution in [1.29, 1.82) is 0 Å². The lowest BCUT2D eigenvalue weighted by Gasteiger charge is -2.14. The van der Waals surface area contributed by atoms with E-state index in [1.54, 1.807) is 36.4 Å². The van der Waals surface area contributed by atoms with Crippen LogP contribution >= 0.6 is 27.3 Å². The lowest BCUT2D eigenvalue weighted by Crippen LogP contribution is -2.15. The number of halogens is 1. The lowest BCUT2D eigenvalue weighted by atomic mass is 10.1. The Morgan fingerprint density at radius 3 is 2.03 bits per heavy atom. The van der Waals surface area contributed by atoms with Crippen LogP contribution in [0.25, 0.3) is 10.1 Å². The minimum Gasteiger partial charge on any atom is -0.493 e. The van der Waals surface area contributed by atoms with Crippen molar-refractivity contribution in [2.45, 2.75) is 6.42 Å². The van der Waals surface area contributed by atoms with Crippen LogP contribution in [-0.4, -0.2) is 33.1 Å². The van der Waals surface area contributed by atoms with Crippen LogP contribution in [0.4, 0.5) is 11.4 Å². The van der Waals surface area contributed by atoms with Crippen LogP contribution in [0.2, 0.25) is 0 Å². The van der Waals surface area contributed by atoms with E-state index in [0.717, 1.165) is 20.1 Å². The molecule has 3 aromatic carbocycles. The van der Waals surface area contributed by atoms with E-state index < -0.39 is 0 Å². The van der Waals surface area contributed by atoms with E-state index in [2.05, 4.69) is 26.6 Å². The molecule has 0 aliphatic heterocycles. The number of carbonyl (C=O) groups excluding carboxylic acids is 2. The summed E-state index contributed by atoms with van der Waals surface area (Å²) < 4.78 is 17.8. The van der Waals surface area contributed by atoms with Crippen molar-refractivity contribution >= 4 is 60.5 Å². The smallest absolute Gasteiger partial charge is 0.266 e. The molecule has 0 atom stereocenters. The molecule has 0 unspecified atom stereocenters. The largest absolute Gasteiger partial charge is 0.493 e. The first kappa shape index (κ1) is 24.6. The number of nitrogens with one attached hydrogen (secondary N) is 2. The second-order valence-electron chi connectivity index (χ2n) is 7.53. The maximum absolute atomic E-state index is 12.8. The molecule has 180 valence electrons. The molecule has 0 radical (unpaired) electrons. The molecule has 0 bridgehead atoms. The number of thiophene rings is 1. The highest BCUT2D eigenvalue weighted by Gasteiger charge is 2.17. The molecule has 0 spiro atoms. The fraction of sp³-hybridized carbons (Fsp3) is 0.154. The van der Waals surface area contributed by atoms with E-state index in [1.807, 2.05) is 24.3 Å². The molecule has 0 aliphatic rings. The third-order valence-corrected chi connectivity index (χ3v) is 7.51. The monoisotopic (exact) mass is 554 g/mol. The van der Waals surface area contributed by atoms with Crippen LogP contribution in [0, 0.1) is 0 Å². The summed E-state index contributed by atoms with van der Waals surface area (Å²) in [6.07, 6.45) is 0.120. The number of rotatable bonds is 8. The molecule has 35 heavy (non-hydrogen) atoms. The summed E-state index contributed by atoms with van der Waals surface area (Å²) in [7, 11) is 4.59. The molecule has 4 aromatic rings. The van der Waals surface area contributed by atoms with E-state index >= 15 is 0 Å². The lowest BCUT2D eigenvalue weighted by molar-refractivity contribution is -0.115. The number of fused-ring (bicyclic) bond motifs is 1. The predicted molar refractivity (Wildman–Crippen MR) is 142 cm³/mol. The van der Waals surface area contributed by atoms with E-state index in [-0.39, 0.29) is 18.2 Å². The van der Waals surface area contributed by atoms with E-state index in [0.29, 0.717) is 33.5 Å². The van der Waals surface area contributed by atoms with Crippen LogP contribution < -0.4 is 24.8 Å². The van der Waals surface area contributed by atoms with Gasteiger partial charge in [0.1, 0.15) is 4.88 Å². The molecule has 0 fully saturated rings. The van der Waals surface area contributed by atoms with E-state index in [1.165, 1.54) is 32.7 Å². The zero-order chi connectivity index (χ0) is 24.9. The second-order valence-corrected chi connectivity index (χ2v) is 9.38. The van der Waals surface area contributed by atoms with Gasteiger partial charge < -0.3 is 24.8 Å². The number of methoxy groups -OCH3 is 3. The van der Waals surface area contributed by atoms with Gasteiger partial charge in [0.05, 0.1) is 27.8 Å². The number of ether oxygens (including phenoxy) is 3. The predicted octanol–water partition coefficient (Wildman–Crippen LogP) is 6.12. The van der Waals surface area contributed by atoms with Gasteiger partial charge in [-0.3, -0.25) is 9.59 Å². The molecular formula is C26H23BrN2O5S. The van der Waals surface area contributed by atoms with Crippen LogP contribution in [-0.2, 0) is 11.2 Å². The van der Waals surface area contributed by atoms with Gasteiger partial charge in [-0.1, -0.05) is 18.2 Å². The van der Waals surface area contributed by atoms with Crippen molar-refractivity contribution < 1.29 is 23.8 Å². The molecular weight excluding hydrogens is 532 g/mol. The third-order valence-electron chi connectivity index (χ3n) is 5.26. The Hall–Kier alpha value is -3.56. The normalized spacial score (nSPS) is 10.6. The maximum Gasteiger partial charge on any atom is 0.266 e. The van der Waals surface area contributed by atoms with Crippen LogP contribution in [0.3, 0.4) is 0 Å². The average Bonchev–Trinajstić information content (AvgIpc) is 3.21. The van der Waals surface area contributed by atoms with E-state index in [4.69, 9.17) is 14.2 Å². The number of anilines is 2. The number of hydrogen-bond donors (Lipinski definition) is 2. The van der Waals surface area contributed by atoms with Crippen molar-refractivity contribution in [2.24, 2.45) is 0 Å². The van der Waals surface area contributed by atoms with Crippen molar-refractivity contribution in [3.8, 4) is 17.2 Å². The summed E-state index contributed by atoms with van der Waals surface area (Å²) in [5.41, 5.74) is 1.96. The molecule has 1 aromatic heterocycles. The summed E-state index contributed by atoms with van der Waals surface area (Å²) in [6, 6.07) is 18.3. The minimum atomic E-state index is -0.203. The topological polar surface area (TPSA) is 85.9 Å². The summed E-state index contributed by atoms with van der Waals surface area (Å²) in [6.45, 7) is 0. The van der Waals surface area contributed by atoms with Crippen molar-refractivity contribution in [3.63, 3.8) is 0 Å². The SMILES string of the molecule is COc1cc(CC(=O)Nc2ccc(NC(=O)c3sc4ccccc4c3Br)cc2)cc(OC)c1OC.